The minimum Gasteiger partial charge on any atom is -0.444 e. The maximum absolute atomic E-state index is 12.3. The largest absolute Gasteiger partial charge is 0.444 e. The Labute approximate surface area is 161 Å². The number of benzene rings is 1. The van der Waals surface area contributed by atoms with Crippen molar-refractivity contribution in [3.8, 4) is 0 Å². The zero-order valence-corrected chi connectivity index (χ0v) is 16.8. The molecule has 6 heteroatoms. The van der Waals surface area contributed by atoms with E-state index in [4.69, 9.17) is 16.3 Å². The van der Waals surface area contributed by atoms with Crippen molar-refractivity contribution in [3.63, 3.8) is 0 Å². The Bertz CT molecular complexity index is 614. The fourth-order valence-corrected chi connectivity index (χ4v) is 3.87. The van der Waals surface area contributed by atoms with Gasteiger partial charge in [0, 0.05) is 56.0 Å². The third kappa shape index (κ3) is 5.04. The molecule has 1 aromatic rings. The summed E-state index contributed by atoms with van der Waals surface area (Å²) in [4.78, 5) is 19.1. The molecule has 2 aliphatic heterocycles. The second-order valence-corrected chi connectivity index (χ2v) is 8.66. The van der Waals surface area contributed by atoms with Crippen molar-refractivity contribution < 1.29 is 9.53 Å². The SMILES string of the molecule is CC(C)(C)OC(=O)N1CC[C@H](N2CCCN(c3ccc(Cl)cc3)CC2)C1. The summed E-state index contributed by atoms with van der Waals surface area (Å²) in [7, 11) is 0. The molecule has 0 aliphatic carbocycles. The number of hydrogen-bond acceptors (Lipinski definition) is 4. The van der Waals surface area contributed by atoms with Gasteiger partial charge in [-0.3, -0.25) is 4.90 Å². The van der Waals surface area contributed by atoms with Gasteiger partial charge >= 0.3 is 6.09 Å². The molecule has 0 N–H and O–H groups in total. The molecule has 5 nitrogen and oxygen atoms in total. The van der Waals surface area contributed by atoms with Crippen LogP contribution in [0.4, 0.5) is 10.5 Å². The molecule has 2 heterocycles. The second kappa shape index (κ2) is 8.05. The lowest BCUT2D eigenvalue weighted by Gasteiger charge is -2.28. The van der Waals surface area contributed by atoms with Crippen molar-refractivity contribution >= 4 is 23.4 Å². The molecule has 0 bridgehead atoms. The Morgan fingerprint density at radius 3 is 2.50 bits per heavy atom. The number of ether oxygens (including phenoxy) is 1. The average Bonchev–Trinajstić information content (AvgIpc) is 2.93. The Morgan fingerprint density at radius 2 is 1.81 bits per heavy atom. The number of likely N-dealkylation sites (tertiary alicyclic amines) is 1. The van der Waals surface area contributed by atoms with Crippen LogP contribution in [0.25, 0.3) is 0 Å². The molecule has 1 aromatic carbocycles. The van der Waals surface area contributed by atoms with Crippen LogP contribution in [-0.2, 0) is 4.74 Å². The molecule has 144 valence electrons. The molecule has 1 atom stereocenters. The first-order valence-electron chi connectivity index (χ1n) is 9.54. The number of halogens is 1. The van der Waals surface area contributed by atoms with Crippen molar-refractivity contribution in [1.29, 1.82) is 0 Å². The number of anilines is 1. The molecule has 2 fully saturated rings. The third-order valence-corrected chi connectivity index (χ3v) is 5.31. The van der Waals surface area contributed by atoms with E-state index in [-0.39, 0.29) is 6.09 Å². The van der Waals surface area contributed by atoms with E-state index in [2.05, 4.69) is 21.9 Å². The monoisotopic (exact) mass is 379 g/mol. The maximum Gasteiger partial charge on any atom is 0.410 e. The fraction of sp³-hybridized carbons (Fsp3) is 0.650. The number of nitrogens with zero attached hydrogens (tertiary/aromatic N) is 3. The lowest BCUT2D eigenvalue weighted by molar-refractivity contribution is 0.0280. The van der Waals surface area contributed by atoms with Gasteiger partial charge in [-0.2, -0.15) is 0 Å². The highest BCUT2D eigenvalue weighted by molar-refractivity contribution is 6.30. The van der Waals surface area contributed by atoms with Crippen molar-refractivity contribution in [2.45, 2.75) is 45.3 Å². The van der Waals surface area contributed by atoms with Crippen LogP contribution < -0.4 is 4.90 Å². The lowest BCUT2D eigenvalue weighted by Crippen LogP contribution is -2.42. The summed E-state index contributed by atoms with van der Waals surface area (Å²) in [6, 6.07) is 8.53. The normalized spacial score (nSPS) is 22.4. The highest BCUT2D eigenvalue weighted by Crippen LogP contribution is 2.23. The van der Waals surface area contributed by atoms with Gasteiger partial charge in [0.25, 0.3) is 0 Å². The third-order valence-electron chi connectivity index (χ3n) is 5.05. The summed E-state index contributed by atoms with van der Waals surface area (Å²) < 4.78 is 5.52. The Kier molecular flexibility index (Phi) is 5.98. The van der Waals surface area contributed by atoms with E-state index in [1.54, 1.807) is 0 Å². The predicted octanol–water partition coefficient (Wildman–Crippen LogP) is 3.86. The summed E-state index contributed by atoms with van der Waals surface area (Å²) in [6.07, 6.45) is 1.98. The van der Waals surface area contributed by atoms with E-state index in [1.165, 1.54) is 5.69 Å². The first kappa shape index (κ1) is 19.3. The van der Waals surface area contributed by atoms with Crippen LogP contribution >= 0.6 is 11.6 Å². The molecule has 0 radical (unpaired) electrons. The van der Waals surface area contributed by atoms with Crippen LogP contribution in [0.2, 0.25) is 5.02 Å². The van der Waals surface area contributed by atoms with Gasteiger partial charge in [-0.1, -0.05) is 11.6 Å². The van der Waals surface area contributed by atoms with Crippen LogP contribution in [0.1, 0.15) is 33.6 Å². The van der Waals surface area contributed by atoms with Crippen molar-refractivity contribution in [3.05, 3.63) is 29.3 Å². The maximum atomic E-state index is 12.3. The van der Waals surface area contributed by atoms with E-state index in [0.717, 1.165) is 57.1 Å². The smallest absolute Gasteiger partial charge is 0.410 e. The summed E-state index contributed by atoms with van der Waals surface area (Å²) in [5, 5.41) is 0.776. The Hall–Kier alpha value is -1.46. The number of carbonyl (C=O) groups excluding carboxylic acids is 1. The van der Waals surface area contributed by atoms with Crippen molar-refractivity contribution in [2.24, 2.45) is 0 Å². The van der Waals surface area contributed by atoms with Crippen LogP contribution in [0.3, 0.4) is 0 Å². The molecule has 0 spiro atoms. The Balaban J connectivity index is 1.53. The minimum absolute atomic E-state index is 0.183. The van der Waals surface area contributed by atoms with Gasteiger partial charge in [0.1, 0.15) is 5.60 Å². The number of carbonyl (C=O) groups is 1. The van der Waals surface area contributed by atoms with E-state index < -0.39 is 5.60 Å². The molecule has 2 aliphatic rings. The van der Waals surface area contributed by atoms with Gasteiger partial charge in [0.05, 0.1) is 0 Å². The molecular weight excluding hydrogens is 350 g/mol. The molecule has 0 unspecified atom stereocenters. The van der Waals surface area contributed by atoms with Gasteiger partial charge in [0.15, 0.2) is 0 Å². The summed E-state index contributed by atoms with van der Waals surface area (Å²) >= 11 is 6.00. The molecule has 0 saturated carbocycles. The molecule has 2 saturated heterocycles. The number of rotatable bonds is 2. The Morgan fingerprint density at radius 1 is 1.08 bits per heavy atom. The average molecular weight is 380 g/mol. The van der Waals surface area contributed by atoms with E-state index in [0.29, 0.717) is 6.04 Å². The predicted molar refractivity (Wildman–Crippen MR) is 106 cm³/mol. The van der Waals surface area contributed by atoms with Crippen molar-refractivity contribution in [2.75, 3.05) is 44.2 Å². The molecule has 1 amide bonds. The first-order valence-corrected chi connectivity index (χ1v) is 9.92. The van der Waals surface area contributed by atoms with Crippen LogP contribution in [-0.4, -0.2) is 66.8 Å². The van der Waals surface area contributed by atoms with Crippen molar-refractivity contribution in [1.82, 2.24) is 9.80 Å². The van der Waals surface area contributed by atoms with E-state index in [1.807, 2.05) is 37.8 Å². The molecule has 3 rings (SSSR count). The van der Waals surface area contributed by atoms with Gasteiger partial charge in [-0.25, -0.2) is 4.79 Å². The van der Waals surface area contributed by atoms with E-state index >= 15 is 0 Å². The topological polar surface area (TPSA) is 36.0 Å². The van der Waals surface area contributed by atoms with Gasteiger partial charge < -0.3 is 14.5 Å². The van der Waals surface area contributed by atoms with Gasteiger partial charge in [-0.15, -0.1) is 0 Å². The van der Waals surface area contributed by atoms with Crippen LogP contribution in [0.5, 0.6) is 0 Å². The number of hydrogen-bond donors (Lipinski definition) is 0. The minimum atomic E-state index is -0.434. The summed E-state index contributed by atoms with van der Waals surface area (Å²) in [6.45, 7) is 11.5. The van der Waals surface area contributed by atoms with Gasteiger partial charge in [0.2, 0.25) is 0 Å². The quantitative estimate of drug-likeness (QED) is 0.781. The molecular formula is C20H30ClN3O2. The van der Waals surface area contributed by atoms with Crippen LogP contribution in [0.15, 0.2) is 24.3 Å². The summed E-state index contributed by atoms with van der Waals surface area (Å²) in [5.41, 5.74) is 0.801. The highest BCUT2D eigenvalue weighted by Gasteiger charge is 2.33. The fourth-order valence-electron chi connectivity index (χ4n) is 3.74. The van der Waals surface area contributed by atoms with E-state index in [9.17, 15) is 4.79 Å². The highest BCUT2D eigenvalue weighted by atomic mass is 35.5. The number of amides is 1. The zero-order valence-electron chi connectivity index (χ0n) is 16.1. The molecule has 0 aromatic heterocycles. The second-order valence-electron chi connectivity index (χ2n) is 8.22. The zero-order chi connectivity index (χ0) is 18.7. The van der Waals surface area contributed by atoms with Crippen LogP contribution in [0, 0.1) is 0 Å². The van der Waals surface area contributed by atoms with Gasteiger partial charge in [-0.05, 0) is 57.9 Å². The first-order chi connectivity index (χ1) is 12.3. The summed E-state index contributed by atoms with van der Waals surface area (Å²) in [5.74, 6) is 0. The lowest BCUT2D eigenvalue weighted by atomic mass is 10.2. The standard InChI is InChI=1S/C20H30ClN3O2/c1-20(2,3)26-19(25)24-12-9-18(15-24)23-11-4-10-22(13-14-23)17-7-5-16(21)6-8-17/h5-8,18H,4,9-15H2,1-3H3/t18-/m0/s1. The molecule has 26 heavy (non-hydrogen) atoms.